The number of azo groups is 1. The van der Waals surface area contributed by atoms with Gasteiger partial charge in [0, 0.05) is 5.41 Å². The van der Waals surface area contributed by atoms with Crippen molar-refractivity contribution in [2.75, 3.05) is 13.2 Å². The molecule has 0 spiro atoms. The van der Waals surface area contributed by atoms with Crippen LogP contribution in [-0.2, 0) is 24.6 Å². The largest absolute Gasteiger partial charge is 0.462 e. The van der Waals surface area contributed by atoms with Gasteiger partial charge < -0.3 is 9.47 Å². The van der Waals surface area contributed by atoms with Gasteiger partial charge in [0.1, 0.15) is 16.7 Å². The number of benzene rings is 1. The van der Waals surface area contributed by atoms with Crippen LogP contribution in [0.15, 0.2) is 52.2 Å². The zero-order valence-electron chi connectivity index (χ0n) is 18.2. The van der Waals surface area contributed by atoms with Gasteiger partial charge in [-0.3, -0.25) is 0 Å². The first kappa shape index (κ1) is 20.8. The number of carbonyl (C=O) groups excluding carboxylic acids is 2. The highest BCUT2D eigenvalue weighted by molar-refractivity contribution is 6.14. The Hall–Kier alpha value is -2.50. The van der Waals surface area contributed by atoms with E-state index in [4.69, 9.17) is 19.7 Å². The van der Waals surface area contributed by atoms with Crippen LogP contribution in [0.2, 0.25) is 0 Å². The number of rotatable bonds is 6. The Balaban J connectivity index is 1.89. The van der Waals surface area contributed by atoms with Crippen molar-refractivity contribution in [2.45, 2.75) is 58.0 Å². The third-order valence-electron chi connectivity index (χ3n) is 7.51. The number of nitrogens with zero attached hydrogens (tertiary/aromatic N) is 2. The molecule has 2 bridgehead atoms. The molecule has 2 fully saturated rings. The first-order valence-electron chi connectivity index (χ1n) is 10.9. The zero-order chi connectivity index (χ0) is 21.6. The maximum atomic E-state index is 12.7. The fourth-order valence-electron chi connectivity index (χ4n) is 6.26. The zero-order valence-corrected chi connectivity index (χ0v) is 18.2. The topological polar surface area (TPSA) is 77.3 Å². The van der Waals surface area contributed by atoms with Crippen molar-refractivity contribution in [3.8, 4) is 0 Å². The Morgan fingerprint density at radius 2 is 1.60 bits per heavy atom. The second-order valence-electron chi connectivity index (χ2n) is 8.93. The summed E-state index contributed by atoms with van der Waals surface area (Å²) in [6, 6.07) is 10.3. The molecule has 0 saturated heterocycles. The summed E-state index contributed by atoms with van der Waals surface area (Å²) in [6.45, 7) is 8.16. The van der Waals surface area contributed by atoms with Gasteiger partial charge in [0.05, 0.1) is 13.2 Å². The van der Waals surface area contributed by atoms with Gasteiger partial charge in [0.25, 0.3) is 0 Å². The fraction of sp³-hybridized carbons (Fsp3) is 0.583. The summed E-state index contributed by atoms with van der Waals surface area (Å²) in [5, 5.41) is 9.75. The van der Waals surface area contributed by atoms with Crippen LogP contribution < -0.4 is 0 Å². The molecule has 6 nitrogen and oxygen atoms in total. The number of ether oxygens (including phenoxy) is 2. The van der Waals surface area contributed by atoms with Crippen LogP contribution in [0.1, 0.15) is 52.5 Å². The molecule has 1 aliphatic heterocycles. The molecule has 6 heteroatoms. The molecule has 3 aliphatic rings. The van der Waals surface area contributed by atoms with Crippen LogP contribution >= 0.6 is 0 Å². The number of hydrogen-bond donors (Lipinski definition) is 0. The quantitative estimate of drug-likeness (QED) is 0.297. The average Bonchev–Trinajstić information content (AvgIpc) is 3.34. The Labute approximate surface area is 177 Å². The number of hydrogen-bond acceptors (Lipinski definition) is 6. The second-order valence-corrected chi connectivity index (χ2v) is 8.93. The van der Waals surface area contributed by atoms with Crippen molar-refractivity contribution < 1.29 is 19.1 Å². The molecule has 160 valence electrons. The lowest BCUT2D eigenvalue weighted by molar-refractivity contribution is -0.146. The van der Waals surface area contributed by atoms with Crippen molar-refractivity contribution in [1.82, 2.24) is 0 Å². The van der Waals surface area contributed by atoms with Gasteiger partial charge in [0.2, 0.25) is 0 Å². The molecule has 0 unspecified atom stereocenters. The summed E-state index contributed by atoms with van der Waals surface area (Å²) in [4.78, 5) is 25.4. The predicted octanol–water partition coefficient (Wildman–Crippen LogP) is 4.60. The van der Waals surface area contributed by atoms with E-state index in [1.165, 1.54) is 0 Å². The summed E-state index contributed by atoms with van der Waals surface area (Å²) in [7, 11) is 0. The van der Waals surface area contributed by atoms with Gasteiger partial charge in [-0.1, -0.05) is 50.6 Å². The lowest BCUT2D eigenvalue weighted by Gasteiger charge is -2.40. The van der Waals surface area contributed by atoms with E-state index in [-0.39, 0.29) is 24.7 Å². The van der Waals surface area contributed by atoms with E-state index in [1.54, 1.807) is 19.9 Å². The van der Waals surface area contributed by atoms with E-state index in [0.29, 0.717) is 5.92 Å². The van der Waals surface area contributed by atoms with Gasteiger partial charge in [-0.25, -0.2) is 9.59 Å². The normalized spacial score (nSPS) is 32.5. The lowest BCUT2D eigenvalue weighted by Crippen LogP contribution is -2.46. The van der Waals surface area contributed by atoms with Crippen molar-refractivity contribution in [2.24, 2.45) is 27.5 Å². The van der Waals surface area contributed by atoms with Crippen LogP contribution in [0.25, 0.3) is 0 Å². The Bertz CT molecular complexity index is 887. The number of fused-ring (bicyclic) bond motifs is 5. The molecule has 0 N–H and O–H groups in total. The molecule has 0 amide bonds. The van der Waals surface area contributed by atoms with E-state index in [1.807, 2.05) is 18.2 Å². The molecule has 1 aromatic carbocycles. The standard InChI is InChI=1S/C24H30N2O4/c1-5-29-20(27)17(21(28)30-6-2)15-23-18-13-10-14-19(18)24(26-25-23,22(23,3)4)16-11-8-7-9-12-16/h7-9,11-12,15,18-19H,5-6,10,13-14H2,1-4H3/t18-,19+,23-,24+/m0/s1. The minimum Gasteiger partial charge on any atom is -0.462 e. The van der Waals surface area contributed by atoms with Crippen molar-refractivity contribution in [3.05, 3.63) is 47.5 Å². The monoisotopic (exact) mass is 410 g/mol. The highest BCUT2D eigenvalue weighted by atomic mass is 16.6. The van der Waals surface area contributed by atoms with E-state index in [9.17, 15) is 9.59 Å². The van der Waals surface area contributed by atoms with Crippen LogP contribution in [0.5, 0.6) is 0 Å². The van der Waals surface area contributed by atoms with Gasteiger partial charge in [-0.15, -0.1) is 0 Å². The minimum atomic E-state index is -0.751. The number of esters is 2. The third kappa shape index (κ3) is 2.55. The molecular formula is C24H30N2O4. The summed E-state index contributed by atoms with van der Waals surface area (Å²) in [6.07, 6.45) is 4.88. The van der Waals surface area contributed by atoms with Gasteiger partial charge >= 0.3 is 11.9 Å². The SMILES string of the molecule is CCOC(=O)C(=C[C@]12N=N[C@](c3ccccc3)([C@@H]3CCC[C@@H]31)C2(C)C)C(=O)OCC. The third-order valence-corrected chi connectivity index (χ3v) is 7.51. The van der Waals surface area contributed by atoms with E-state index < -0.39 is 28.4 Å². The molecule has 0 radical (unpaired) electrons. The Morgan fingerprint density at radius 3 is 2.20 bits per heavy atom. The van der Waals surface area contributed by atoms with Crippen molar-refractivity contribution >= 4 is 11.9 Å². The first-order valence-corrected chi connectivity index (χ1v) is 10.9. The summed E-state index contributed by atoms with van der Waals surface area (Å²) < 4.78 is 10.4. The van der Waals surface area contributed by atoms with Crippen molar-refractivity contribution in [3.63, 3.8) is 0 Å². The van der Waals surface area contributed by atoms with Crippen LogP contribution in [0.4, 0.5) is 0 Å². The fourth-order valence-corrected chi connectivity index (χ4v) is 6.26. The summed E-state index contributed by atoms with van der Waals surface area (Å²) in [5.41, 5.74) is -0.556. The molecule has 4 rings (SSSR count). The minimum absolute atomic E-state index is 0.0675. The lowest BCUT2D eigenvalue weighted by atomic mass is 9.62. The molecule has 2 saturated carbocycles. The molecule has 4 atom stereocenters. The van der Waals surface area contributed by atoms with E-state index in [0.717, 1.165) is 24.8 Å². The molecule has 0 aromatic heterocycles. The Morgan fingerprint density at radius 1 is 1.00 bits per heavy atom. The molecular weight excluding hydrogens is 380 g/mol. The highest BCUT2D eigenvalue weighted by Gasteiger charge is 2.77. The molecule has 1 aromatic rings. The van der Waals surface area contributed by atoms with Crippen molar-refractivity contribution in [1.29, 1.82) is 0 Å². The first-order chi connectivity index (χ1) is 14.4. The molecule has 2 aliphatic carbocycles. The van der Waals surface area contributed by atoms with E-state index in [2.05, 4.69) is 26.0 Å². The van der Waals surface area contributed by atoms with Crippen LogP contribution in [0.3, 0.4) is 0 Å². The average molecular weight is 411 g/mol. The maximum Gasteiger partial charge on any atom is 0.345 e. The van der Waals surface area contributed by atoms with Crippen LogP contribution in [0, 0.1) is 17.3 Å². The van der Waals surface area contributed by atoms with Gasteiger partial charge in [0.15, 0.2) is 0 Å². The summed E-state index contributed by atoms with van der Waals surface area (Å²) in [5.74, 6) is -0.789. The Kier molecular flexibility index (Phi) is 5.07. The highest BCUT2D eigenvalue weighted by Crippen LogP contribution is 2.74. The predicted molar refractivity (Wildman–Crippen MR) is 112 cm³/mol. The van der Waals surface area contributed by atoms with Gasteiger partial charge in [-0.2, -0.15) is 10.2 Å². The molecule has 1 heterocycles. The van der Waals surface area contributed by atoms with Gasteiger partial charge in [-0.05, 0) is 50.2 Å². The maximum absolute atomic E-state index is 12.7. The summed E-state index contributed by atoms with van der Waals surface area (Å²) >= 11 is 0. The molecule has 30 heavy (non-hydrogen) atoms. The number of carbonyl (C=O) groups is 2. The second kappa shape index (κ2) is 7.33. The van der Waals surface area contributed by atoms with E-state index >= 15 is 0 Å². The smallest absolute Gasteiger partial charge is 0.345 e. The van der Waals surface area contributed by atoms with Crippen LogP contribution in [-0.4, -0.2) is 30.7 Å².